The van der Waals surface area contributed by atoms with E-state index in [0.29, 0.717) is 11.3 Å². The number of anilines is 1. The molecule has 0 aliphatic rings. The summed E-state index contributed by atoms with van der Waals surface area (Å²) in [4.78, 5) is 27.6. The lowest BCUT2D eigenvalue weighted by atomic mass is 10.1. The van der Waals surface area contributed by atoms with Crippen molar-refractivity contribution in [2.75, 3.05) is 5.32 Å². The summed E-state index contributed by atoms with van der Waals surface area (Å²) < 4.78 is 13.1. The molecule has 0 saturated carbocycles. The van der Waals surface area contributed by atoms with Crippen LogP contribution in [-0.4, -0.2) is 18.0 Å². The van der Waals surface area contributed by atoms with Crippen molar-refractivity contribution < 1.29 is 18.8 Å². The van der Waals surface area contributed by atoms with Gasteiger partial charge in [0.05, 0.1) is 0 Å². The third-order valence-corrected chi connectivity index (χ3v) is 3.17. The average Bonchev–Trinajstić information content (AvgIpc) is 2.55. The quantitative estimate of drug-likeness (QED) is 0.629. The second-order valence-electron chi connectivity index (χ2n) is 5.02. The number of nitrogens with two attached hydrogens (primary N) is 1. The predicted octanol–water partition coefficient (Wildman–Crippen LogP) is 2.37. The number of benzene rings is 2. The molecule has 6 nitrogen and oxygen atoms in total. The lowest BCUT2D eigenvalue weighted by Crippen LogP contribution is -2.14. The van der Waals surface area contributed by atoms with Crippen molar-refractivity contribution in [2.24, 2.45) is 10.9 Å². The first kappa shape index (κ1) is 17.1. The van der Waals surface area contributed by atoms with Crippen molar-refractivity contribution in [3.05, 3.63) is 65.0 Å². The number of carbonyl (C=O) groups excluding carboxylic acids is 2. The second-order valence-corrected chi connectivity index (χ2v) is 5.02. The number of primary amides is 1. The molecule has 0 aromatic heterocycles. The van der Waals surface area contributed by atoms with Crippen LogP contribution in [0.25, 0.3) is 0 Å². The fraction of sp³-hybridized carbons (Fsp3) is 0.118. The minimum absolute atomic E-state index is 0.127. The number of oxime groups is 1. The van der Waals surface area contributed by atoms with Crippen molar-refractivity contribution in [3.63, 3.8) is 0 Å². The number of aryl methyl sites for hydroxylation is 1. The first-order valence-corrected chi connectivity index (χ1v) is 7.07. The molecule has 2 aromatic carbocycles. The van der Waals surface area contributed by atoms with E-state index >= 15 is 0 Å². The van der Waals surface area contributed by atoms with Gasteiger partial charge in [-0.1, -0.05) is 23.4 Å². The fourth-order valence-electron chi connectivity index (χ4n) is 1.86. The molecular formula is C17H16FN3O3. The van der Waals surface area contributed by atoms with Crippen molar-refractivity contribution in [1.82, 2.24) is 0 Å². The van der Waals surface area contributed by atoms with Crippen LogP contribution < -0.4 is 11.1 Å². The molecule has 2 amide bonds. The zero-order valence-corrected chi connectivity index (χ0v) is 13.0. The number of rotatable bonds is 6. The number of hydrogen-bond donors (Lipinski definition) is 2. The highest BCUT2D eigenvalue weighted by atomic mass is 19.1. The summed E-state index contributed by atoms with van der Waals surface area (Å²) in [5, 5.41) is 6.06. The monoisotopic (exact) mass is 329 g/mol. The summed E-state index contributed by atoms with van der Waals surface area (Å²) >= 11 is 0. The summed E-state index contributed by atoms with van der Waals surface area (Å²) in [6.07, 6.45) is 0.960. The molecule has 124 valence electrons. The van der Waals surface area contributed by atoms with Crippen LogP contribution in [0.5, 0.6) is 0 Å². The van der Waals surface area contributed by atoms with E-state index in [4.69, 9.17) is 10.6 Å². The molecular weight excluding hydrogens is 313 g/mol. The number of carbonyl (C=O) groups is 2. The molecule has 24 heavy (non-hydrogen) atoms. The van der Waals surface area contributed by atoms with E-state index in [2.05, 4.69) is 10.5 Å². The van der Waals surface area contributed by atoms with Crippen molar-refractivity contribution in [2.45, 2.75) is 13.5 Å². The Balaban J connectivity index is 1.84. The van der Waals surface area contributed by atoms with Gasteiger partial charge in [0, 0.05) is 11.3 Å². The molecule has 0 bridgehead atoms. The SMILES string of the molecule is Cc1ccc(F)cc1NC(=O)C=NOCc1ccc(C(N)=O)cc1. The molecule has 0 radical (unpaired) electrons. The zero-order chi connectivity index (χ0) is 17.5. The second kappa shape index (κ2) is 7.87. The molecule has 0 spiro atoms. The van der Waals surface area contributed by atoms with E-state index in [1.807, 2.05) is 0 Å². The van der Waals surface area contributed by atoms with Gasteiger partial charge in [-0.05, 0) is 42.3 Å². The first-order chi connectivity index (χ1) is 11.5. The van der Waals surface area contributed by atoms with Gasteiger partial charge in [0.2, 0.25) is 5.91 Å². The number of nitrogens with one attached hydrogen (secondary N) is 1. The van der Waals surface area contributed by atoms with E-state index in [-0.39, 0.29) is 6.61 Å². The summed E-state index contributed by atoms with van der Waals surface area (Å²) in [5.41, 5.74) is 7.40. The van der Waals surface area contributed by atoms with Crippen LogP contribution in [-0.2, 0) is 16.2 Å². The summed E-state index contributed by atoms with van der Waals surface area (Å²) in [7, 11) is 0. The Morgan fingerprint density at radius 1 is 1.25 bits per heavy atom. The molecule has 0 aliphatic heterocycles. The summed E-state index contributed by atoms with van der Waals surface area (Å²) in [6, 6.07) is 10.6. The first-order valence-electron chi connectivity index (χ1n) is 7.07. The van der Waals surface area contributed by atoms with Crippen molar-refractivity contribution in [1.29, 1.82) is 0 Å². The molecule has 0 atom stereocenters. The van der Waals surface area contributed by atoms with Crippen LogP contribution in [0.15, 0.2) is 47.6 Å². The molecule has 2 aromatic rings. The normalized spacial score (nSPS) is 10.6. The molecule has 7 heteroatoms. The molecule has 3 N–H and O–H groups in total. The maximum absolute atomic E-state index is 13.1. The Morgan fingerprint density at radius 2 is 1.96 bits per heavy atom. The Labute approximate surface area is 138 Å². The van der Waals surface area contributed by atoms with Crippen LogP contribution in [0.1, 0.15) is 21.5 Å². The van der Waals surface area contributed by atoms with Gasteiger partial charge >= 0.3 is 0 Å². The van der Waals surface area contributed by atoms with Crippen molar-refractivity contribution in [3.8, 4) is 0 Å². The highest BCUT2D eigenvalue weighted by Crippen LogP contribution is 2.15. The molecule has 0 saturated heterocycles. The van der Waals surface area contributed by atoms with E-state index in [1.165, 1.54) is 12.1 Å². The summed E-state index contributed by atoms with van der Waals surface area (Å²) in [5.74, 6) is -1.49. The Hall–Kier alpha value is -3.22. The van der Waals surface area contributed by atoms with Gasteiger partial charge in [-0.15, -0.1) is 0 Å². The maximum Gasteiger partial charge on any atom is 0.270 e. The topological polar surface area (TPSA) is 93.8 Å². The lowest BCUT2D eigenvalue weighted by Gasteiger charge is -2.05. The number of hydrogen-bond acceptors (Lipinski definition) is 4. The van der Waals surface area contributed by atoms with Crippen LogP contribution in [0.4, 0.5) is 10.1 Å². The average molecular weight is 329 g/mol. The predicted molar refractivity (Wildman–Crippen MR) is 88.0 cm³/mol. The standard InChI is InChI=1S/C17H16FN3O3/c1-11-2-7-14(18)8-15(11)21-16(22)9-20-24-10-12-3-5-13(6-4-12)17(19)23/h2-9H,10H2,1H3,(H2,19,23)(H,21,22). The molecule has 0 heterocycles. The number of nitrogens with zero attached hydrogens (tertiary/aromatic N) is 1. The van der Waals surface area contributed by atoms with E-state index < -0.39 is 17.6 Å². The summed E-state index contributed by atoms with van der Waals surface area (Å²) in [6.45, 7) is 1.88. The lowest BCUT2D eigenvalue weighted by molar-refractivity contribution is -0.110. The van der Waals surface area contributed by atoms with E-state index in [0.717, 1.165) is 17.3 Å². The van der Waals surface area contributed by atoms with Gasteiger partial charge < -0.3 is 15.9 Å². The molecule has 2 rings (SSSR count). The Kier molecular flexibility index (Phi) is 5.62. The fourth-order valence-corrected chi connectivity index (χ4v) is 1.86. The number of halogens is 1. The largest absolute Gasteiger partial charge is 0.391 e. The van der Waals surface area contributed by atoms with Crippen LogP contribution in [0.2, 0.25) is 0 Å². The zero-order valence-electron chi connectivity index (χ0n) is 13.0. The Morgan fingerprint density at radius 3 is 2.62 bits per heavy atom. The highest BCUT2D eigenvalue weighted by molar-refractivity contribution is 6.31. The maximum atomic E-state index is 13.1. The third-order valence-electron chi connectivity index (χ3n) is 3.17. The van der Waals surface area contributed by atoms with Gasteiger partial charge in [-0.25, -0.2) is 4.39 Å². The molecule has 0 fully saturated rings. The van der Waals surface area contributed by atoms with Gasteiger partial charge in [-0.2, -0.15) is 0 Å². The van der Waals surface area contributed by atoms with Gasteiger partial charge in [0.25, 0.3) is 5.91 Å². The minimum atomic E-state index is -0.534. The molecule has 0 unspecified atom stereocenters. The minimum Gasteiger partial charge on any atom is -0.391 e. The Bertz CT molecular complexity index is 773. The van der Waals surface area contributed by atoms with Gasteiger partial charge in [-0.3, -0.25) is 9.59 Å². The smallest absolute Gasteiger partial charge is 0.270 e. The van der Waals surface area contributed by atoms with Crippen LogP contribution in [0, 0.1) is 12.7 Å². The van der Waals surface area contributed by atoms with E-state index in [9.17, 15) is 14.0 Å². The van der Waals surface area contributed by atoms with Crippen LogP contribution >= 0.6 is 0 Å². The third kappa shape index (κ3) is 4.91. The highest BCUT2D eigenvalue weighted by Gasteiger charge is 2.04. The van der Waals surface area contributed by atoms with Crippen LogP contribution in [0.3, 0.4) is 0 Å². The van der Waals surface area contributed by atoms with Gasteiger partial charge in [0.15, 0.2) is 0 Å². The number of amides is 2. The van der Waals surface area contributed by atoms with E-state index in [1.54, 1.807) is 37.3 Å². The molecule has 0 aliphatic carbocycles. The van der Waals surface area contributed by atoms with Gasteiger partial charge in [0.1, 0.15) is 18.6 Å². The van der Waals surface area contributed by atoms with Crippen molar-refractivity contribution >= 4 is 23.7 Å².